The monoisotopic (exact) mass is 498 g/mol. The number of rotatable bonds is 9. The quantitative estimate of drug-likeness (QED) is 0.110. The second-order valence-electron chi connectivity index (χ2n) is 8.33. The first-order chi connectivity index (χ1) is 15.0. The predicted octanol–water partition coefficient (Wildman–Crippen LogP) is 6.26. The van der Waals surface area contributed by atoms with E-state index in [1.807, 2.05) is 12.1 Å². The maximum Gasteiger partial charge on any atom is 0.265 e. The minimum Gasteiger partial charge on any atom is -0.471 e. The van der Waals surface area contributed by atoms with Crippen LogP contribution in [0.5, 0.6) is 0 Å². The Morgan fingerprint density at radius 3 is 2.00 bits per heavy atom. The molecule has 7 heteroatoms. The molecule has 0 heterocycles. The SMILES string of the molecule is [2H]C=C[C@H](CCCO[Si](c1ccccc1)(c1ccccc1)C(C)(C)C)OC(=N)C(Cl)(Cl)Cl. The van der Waals surface area contributed by atoms with E-state index in [1.165, 1.54) is 16.4 Å². The molecule has 0 aliphatic heterocycles. The van der Waals surface area contributed by atoms with E-state index in [0.29, 0.717) is 19.4 Å². The maximum atomic E-state index is 7.80. The van der Waals surface area contributed by atoms with E-state index >= 15 is 0 Å². The minimum absolute atomic E-state index is 0.107. The Balaban J connectivity index is 2.23. The van der Waals surface area contributed by atoms with Gasteiger partial charge in [0.05, 0.1) is 1.37 Å². The van der Waals surface area contributed by atoms with Crippen molar-refractivity contribution in [1.82, 2.24) is 0 Å². The highest BCUT2D eigenvalue weighted by molar-refractivity contribution is 6.99. The molecule has 1 N–H and O–H groups in total. The lowest BCUT2D eigenvalue weighted by Crippen LogP contribution is -2.66. The number of alkyl halides is 3. The molecule has 0 unspecified atom stereocenters. The number of nitrogens with one attached hydrogen (secondary N) is 1. The molecule has 0 aliphatic carbocycles. The van der Waals surface area contributed by atoms with E-state index in [1.54, 1.807) is 0 Å². The van der Waals surface area contributed by atoms with Crippen LogP contribution in [0.1, 0.15) is 35.0 Å². The number of ether oxygens (including phenoxy) is 1. The summed E-state index contributed by atoms with van der Waals surface area (Å²) >= 11 is 17.2. The van der Waals surface area contributed by atoms with Gasteiger partial charge in [-0.3, -0.25) is 5.41 Å². The third-order valence-corrected chi connectivity index (χ3v) is 10.7. The molecule has 3 nitrogen and oxygen atoms in total. The van der Waals surface area contributed by atoms with Crippen LogP contribution < -0.4 is 10.4 Å². The van der Waals surface area contributed by atoms with Gasteiger partial charge in [0.15, 0.2) is 0 Å². The fraction of sp³-hybridized carbons (Fsp3) is 0.375. The van der Waals surface area contributed by atoms with Gasteiger partial charge in [0.1, 0.15) is 6.10 Å². The van der Waals surface area contributed by atoms with Crippen molar-refractivity contribution >= 4 is 59.4 Å². The van der Waals surface area contributed by atoms with Gasteiger partial charge in [-0.15, -0.1) is 0 Å². The average Bonchev–Trinajstić information content (AvgIpc) is 2.73. The van der Waals surface area contributed by atoms with Crippen LogP contribution in [0, 0.1) is 5.41 Å². The molecule has 1 atom stereocenters. The third kappa shape index (κ3) is 6.59. The van der Waals surface area contributed by atoms with Gasteiger partial charge in [0.25, 0.3) is 12.1 Å². The summed E-state index contributed by atoms with van der Waals surface area (Å²) in [6.07, 6.45) is 2.18. The Morgan fingerprint density at radius 2 is 1.58 bits per heavy atom. The summed E-state index contributed by atoms with van der Waals surface area (Å²) in [5.41, 5.74) is 0. The van der Waals surface area contributed by atoms with Crippen molar-refractivity contribution in [3.05, 3.63) is 73.3 Å². The Morgan fingerprint density at radius 1 is 1.06 bits per heavy atom. The van der Waals surface area contributed by atoms with Gasteiger partial charge in [-0.05, 0) is 28.3 Å². The first-order valence-electron chi connectivity index (χ1n) is 10.7. The summed E-state index contributed by atoms with van der Waals surface area (Å²) in [7, 11) is -2.60. The lowest BCUT2D eigenvalue weighted by Gasteiger charge is -2.43. The maximum absolute atomic E-state index is 7.80. The van der Waals surface area contributed by atoms with Crippen LogP contribution in [-0.2, 0) is 9.16 Å². The lowest BCUT2D eigenvalue weighted by molar-refractivity contribution is 0.198. The van der Waals surface area contributed by atoms with E-state index < -0.39 is 24.1 Å². The zero-order valence-electron chi connectivity index (χ0n) is 19.1. The molecule has 0 bridgehead atoms. The van der Waals surface area contributed by atoms with Crippen molar-refractivity contribution in [2.75, 3.05) is 6.61 Å². The highest BCUT2D eigenvalue weighted by Gasteiger charge is 2.49. The second-order valence-corrected chi connectivity index (χ2v) is 14.9. The molecule has 0 aliphatic rings. The van der Waals surface area contributed by atoms with Crippen molar-refractivity contribution < 1.29 is 10.5 Å². The fourth-order valence-electron chi connectivity index (χ4n) is 3.68. The molecule has 0 aromatic heterocycles. The van der Waals surface area contributed by atoms with Crippen LogP contribution in [0.15, 0.2) is 73.3 Å². The summed E-state index contributed by atoms with van der Waals surface area (Å²) in [6.45, 7) is 8.32. The lowest BCUT2D eigenvalue weighted by atomic mass is 10.2. The van der Waals surface area contributed by atoms with Gasteiger partial charge in [-0.1, -0.05) is 129 Å². The Labute approximate surface area is 203 Å². The van der Waals surface area contributed by atoms with Gasteiger partial charge in [0.2, 0.25) is 5.90 Å². The Hall–Kier alpha value is -1.30. The van der Waals surface area contributed by atoms with Crippen molar-refractivity contribution in [1.29, 1.82) is 5.41 Å². The zero-order valence-corrected chi connectivity index (χ0v) is 21.3. The molecule has 0 fully saturated rings. The van der Waals surface area contributed by atoms with Crippen LogP contribution >= 0.6 is 34.8 Å². The van der Waals surface area contributed by atoms with Crippen molar-refractivity contribution in [2.45, 2.75) is 48.5 Å². The summed E-state index contributed by atoms with van der Waals surface area (Å²) in [4.78, 5) is 0. The molecule has 0 spiro atoms. The van der Waals surface area contributed by atoms with Gasteiger partial charge >= 0.3 is 0 Å². The summed E-state index contributed by atoms with van der Waals surface area (Å²) in [6, 6.07) is 20.9. The van der Waals surface area contributed by atoms with Gasteiger partial charge < -0.3 is 9.16 Å². The van der Waals surface area contributed by atoms with Crippen LogP contribution in [0.2, 0.25) is 5.04 Å². The van der Waals surface area contributed by atoms with Crippen molar-refractivity contribution in [3.8, 4) is 0 Å². The fourth-order valence-corrected chi connectivity index (χ4v) is 8.42. The Bertz CT molecular complexity index is 844. The van der Waals surface area contributed by atoms with Crippen LogP contribution in [0.3, 0.4) is 0 Å². The first kappa shape index (κ1) is 24.3. The number of hydrogen-bond donors (Lipinski definition) is 1. The summed E-state index contributed by atoms with van der Waals surface area (Å²) in [5.74, 6) is -0.460. The Kier molecular flexibility index (Phi) is 8.65. The number of benzene rings is 2. The van der Waals surface area contributed by atoms with E-state index in [4.69, 9.17) is 50.7 Å². The molecule has 2 aromatic carbocycles. The average molecular weight is 500 g/mol. The largest absolute Gasteiger partial charge is 0.471 e. The van der Waals surface area contributed by atoms with Gasteiger partial charge in [-0.25, -0.2) is 0 Å². The molecule has 0 saturated carbocycles. The number of hydrogen-bond acceptors (Lipinski definition) is 3. The van der Waals surface area contributed by atoms with Crippen molar-refractivity contribution in [3.63, 3.8) is 0 Å². The molecule has 2 rings (SSSR count). The molecule has 0 saturated heterocycles. The van der Waals surface area contributed by atoms with Crippen LogP contribution in [-0.4, -0.2) is 30.7 Å². The molecule has 2 aromatic rings. The first-order valence-corrected chi connectivity index (χ1v) is 13.2. The molecule has 31 heavy (non-hydrogen) atoms. The normalized spacial score (nSPS) is 14.3. The van der Waals surface area contributed by atoms with Gasteiger partial charge in [-0.2, -0.15) is 0 Å². The second kappa shape index (κ2) is 11.0. The molecule has 168 valence electrons. The number of halogens is 3. The molecule has 0 radical (unpaired) electrons. The molecule has 0 amide bonds. The minimum atomic E-state index is -2.60. The summed E-state index contributed by atoms with van der Waals surface area (Å²) in [5, 5.41) is 10.1. The van der Waals surface area contributed by atoms with Crippen molar-refractivity contribution in [2.24, 2.45) is 0 Å². The van der Waals surface area contributed by atoms with Crippen LogP contribution in [0.25, 0.3) is 0 Å². The van der Waals surface area contributed by atoms with E-state index in [9.17, 15) is 0 Å². The van der Waals surface area contributed by atoms with E-state index in [-0.39, 0.29) is 5.04 Å². The van der Waals surface area contributed by atoms with E-state index in [2.05, 4.69) is 69.3 Å². The van der Waals surface area contributed by atoms with E-state index in [0.717, 1.165) is 6.55 Å². The summed E-state index contributed by atoms with van der Waals surface area (Å²) < 4.78 is 17.7. The topological polar surface area (TPSA) is 42.3 Å². The zero-order chi connectivity index (χ0) is 23.8. The highest BCUT2D eigenvalue weighted by atomic mass is 35.6. The highest BCUT2D eigenvalue weighted by Crippen LogP contribution is 2.37. The standard InChI is InChI=1S/C24H30Cl3NO2Si/c1-5-19(30-22(28)24(25,26)27)13-12-18-29-31(23(2,3)4,20-14-8-6-9-15-20)21-16-10-7-11-17-21/h5-11,14-17,19,28H,1,12-13,18H2,2-4H3/t19-/m1/s1/i1D. The smallest absolute Gasteiger partial charge is 0.265 e. The molecular formula is C24H30Cl3NO2Si. The van der Waals surface area contributed by atoms with Crippen LogP contribution in [0.4, 0.5) is 0 Å². The third-order valence-electron chi connectivity index (χ3n) is 5.11. The van der Waals surface area contributed by atoms with Gasteiger partial charge in [0, 0.05) is 6.61 Å². The predicted molar refractivity (Wildman–Crippen MR) is 136 cm³/mol. The molecular weight excluding hydrogens is 469 g/mol.